The van der Waals surface area contributed by atoms with Crippen LogP contribution in [0.3, 0.4) is 0 Å². The van der Waals surface area contributed by atoms with Crippen molar-refractivity contribution in [3.05, 3.63) is 34.2 Å². The molecule has 1 aliphatic rings. The summed E-state index contributed by atoms with van der Waals surface area (Å²) < 4.78 is 1.82. The second kappa shape index (κ2) is 4.90. The summed E-state index contributed by atoms with van der Waals surface area (Å²) >= 11 is 5.75. The van der Waals surface area contributed by atoms with E-state index < -0.39 is 0 Å². The van der Waals surface area contributed by atoms with Gasteiger partial charge in [0.1, 0.15) is 0 Å². The molecule has 0 saturated heterocycles. The summed E-state index contributed by atoms with van der Waals surface area (Å²) in [5, 5.41) is 16.4. The van der Waals surface area contributed by atoms with Crippen molar-refractivity contribution in [3.63, 3.8) is 0 Å². The van der Waals surface area contributed by atoms with Crippen LogP contribution in [0.2, 0.25) is 5.15 Å². The summed E-state index contributed by atoms with van der Waals surface area (Å²) in [6.45, 7) is 4.94. The minimum atomic E-state index is 0.390. The molecule has 6 heteroatoms. The maximum atomic E-state index is 5.75. The first-order chi connectivity index (χ1) is 9.15. The van der Waals surface area contributed by atoms with Crippen molar-refractivity contribution in [2.24, 2.45) is 0 Å². The molecule has 0 radical (unpaired) electrons. The molecular formula is C13H16ClN5. The molecule has 2 heterocycles. The lowest BCUT2D eigenvalue weighted by Crippen LogP contribution is -2.16. The Morgan fingerprint density at radius 2 is 2.11 bits per heavy atom. The zero-order valence-corrected chi connectivity index (χ0v) is 11.8. The van der Waals surface area contributed by atoms with E-state index in [1.807, 2.05) is 17.7 Å². The van der Waals surface area contributed by atoms with Gasteiger partial charge in [-0.15, -0.1) is 10.2 Å². The molecule has 1 saturated carbocycles. The SMILES string of the molecule is Cc1nn(-c2ccc(Cl)nn2)c(C)c1CNC1CC1. The first kappa shape index (κ1) is 12.6. The summed E-state index contributed by atoms with van der Waals surface area (Å²) in [5.74, 6) is 0.697. The second-order valence-corrected chi connectivity index (χ2v) is 5.32. The van der Waals surface area contributed by atoms with Crippen LogP contribution in [0.15, 0.2) is 12.1 Å². The van der Waals surface area contributed by atoms with Crippen LogP contribution in [0.4, 0.5) is 0 Å². The monoisotopic (exact) mass is 277 g/mol. The Hall–Kier alpha value is -1.46. The van der Waals surface area contributed by atoms with Crippen molar-refractivity contribution in [2.75, 3.05) is 0 Å². The van der Waals surface area contributed by atoms with Crippen molar-refractivity contribution < 1.29 is 0 Å². The lowest BCUT2D eigenvalue weighted by Gasteiger charge is -2.05. The smallest absolute Gasteiger partial charge is 0.176 e. The molecule has 2 aromatic heterocycles. The van der Waals surface area contributed by atoms with Crippen LogP contribution < -0.4 is 5.32 Å². The summed E-state index contributed by atoms with van der Waals surface area (Å²) in [4.78, 5) is 0. The van der Waals surface area contributed by atoms with E-state index >= 15 is 0 Å². The van der Waals surface area contributed by atoms with Gasteiger partial charge in [0.15, 0.2) is 11.0 Å². The molecule has 0 aromatic carbocycles. The van der Waals surface area contributed by atoms with Crippen molar-refractivity contribution in [1.29, 1.82) is 0 Å². The third kappa shape index (κ3) is 2.62. The molecule has 0 unspecified atom stereocenters. The number of rotatable bonds is 4. The van der Waals surface area contributed by atoms with Crippen LogP contribution in [0, 0.1) is 13.8 Å². The number of nitrogens with zero attached hydrogens (tertiary/aromatic N) is 4. The number of hydrogen-bond donors (Lipinski definition) is 1. The normalized spacial score (nSPS) is 14.9. The predicted molar refractivity (Wildman–Crippen MR) is 73.5 cm³/mol. The van der Waals surface area contributed by atoms with E-state index in [2.05, 4.69) is 27.5 Å². The van der Waals surface area contributed by atoms with E-state index in [-0.39, 0.29) is 0 Å². The molecule has 3 rings (SSSR count). The molecule has 1 fully saturated rings. The zero-order valence-electron chi connectivity index (χ0n) is 11.0. The lowest BCUT2D eigenvalue weighted by atomic mass is 10.2. The van der Waals surface area contributed by atoms with Crippen LogP contribution in [0.5, 0.6) is 0 Å². The lowest BCUT2D eigenvalue weighted by molar-refractivity contribution is 0.681. The van der Waals surface area contributed by atoms with Gasteiger partial charge in [-0.25, -0.2) is 4.68 Å². The first-order valence-corrected chi connectivity index (χ1v) is 6.81. The third-order valence-electron chi connectivity index (χ3n) is 3.42. The Balaban J connectivity index is 1.89. The van der Waals surface area contributed by atoms with E-state index in [0.29, 0.717) is 17.0 Å². The minimum absolute atomic E-state index is 0.390. The Morgan fingerprint density at radius 3 is 2.74 bits per heavy atom. The number of halogens is 1. The van der Waals surface area contributed by atoms with Gasteiger partial charge >= 0.3 is 0 Å². The topological polar surface area (TPSA) is 55.6 Å². The van der Waals surface area contributed by atoms with Gasteiger partial charge in [0.25, 0.3) is 0 Å². The number of aryl methyl sites for hydroxylation is 1. The molecule has 19 heavy (non-hydrogen) atoms. The summed E-state index contributed by atoms with van der Waals surface area (Å²) in [5.41, 5.74) is 3.37. The molecule has 0 atom stereocenters. The fraction of sp³-hybridized carbons (Fsp3) is 0.462. The number of aromatic nitrogens is 4. The average Bonchev–Trinajstić information content (AvgIpc) is 3.17. The summed E-state index contributed by atoms with van der Waals surface area (Å²) in [6.07, 6.45) is 2.57. The number of nitrogens with one attached hydrogen (secondary N) is 1. The molecule has 0 aliphatic heterocycles. The molecule has 5 nitrogen and oxygen atoms in total. The highest BCUT2D eigenvalue weighted by Crippen LogP contribution is 2.22. The zero-order chi connectivity index (χ0) is 13.4. The highest BCUT2D eigenvalue weighted by molar-refractivity contribution is 6.29. The van der Waals surface area contributed by atoms with Gasteiger partial charge in [0, 0.05) is 23.8 Å². The van der Waals surface area contributed by atoms with Gasteiger partial charge in [-0.3, -0.25) is 0 Å². The molecular weight excluding hydrogens is 262 g/mol. The van der Waals surface area contributed by atoms with E-state index in [4.69, 9.17) is 11.6 Å². The van der Waals surface area contributed by atoms with Gasteiger partial charge in [-0.2, -0.15) is 5.10 Å². The molecule has 0 amide bonds. The van der Waals surface area contributed by atoms with E-state index in [1.165, 1.54) is 18.4 Å². The maximum Gasteiger partial charge on any atom is 0.176 e. The van der Waals surface area contributed by atoms with Gasteiger partial charge in [0.2, 0.25) is 0 Å². The van der Waals surface area contributed by atoms with E-state index in [0.717, 1.165) is 17.9 Å². The van der Waals surface area contributed by atoms with Crippen LogP contribution in [0.25, 0.3) is 5.82 Å². The van der Waals surface area contributed by atoms with Gasteiger partial charge in [-0.1, -0.05) is 11.6 Å². The molecule has 100 valence electrons. The van der Waals surface area contributed by atoms with Crippen molar-refractivity contribution in [1.82, 2.24) is 25.3 Å². The van der Waals surface area contributed by atoms with Crippen LogP contribution in [-0.2, 0) is 6.54 Å². The quantitative estimate of drug-likeness (QED) is 0.931. The second-order valence-electron chi connectivity index (χ2n) is 4.93. The standard InChI is InChI=1S/C13H16ClN5/c1-8-11(7-15-10-3-4-10)9(2)19(18-8)13-6-5-12(14)16-17-13/h5-6,10,15H,3-4,7H2,1-2H3. The van der Waals surface area contributed by atoms with Gasteiger partial charge in [0.05, 0.1) is 5.69 Å². The van der Waals surface area contributed by atoms with Crippen molar-refractivity contribution in [2.45, 2.75) is 39.3 Å². The first-order valence-electron chi connectivity index (χ1n) is 6.43. The van der Waals surface area contributed by atoms with Gasteiger partial charge < -0.3 is 5.32 Å². The molecule has 2 aromatic rings. The van der Waals surface area contributed by atoms with Crippen LogP contribution in [0.1, 0.15) is 29.8 Å². The Labute approximate surface area is 117 Å². The van der Waals surface area contributed by atoms with Crippen LogP contribution in [-0.4, -0.2) is 26.0 Å². The average molecular weight is 278 g/mol. The Kier molecular flexibility index (Phi) is 3.24. The van der Waals surface area contributed by atoms with Crippen molar-refractivity contribution >= 4 is 11.6 Å². The minimum Gasteiger partial charge on any atom is -0.310 e. The summed E-state index contributed by atoms with van der Waals surface area (Å²) in [7, 11) is 0. The third-order valence-corrected chi connectivity index (χ3v) is 3.62. The Morgan fingerprint density at radius 1 is 1.32 bits per heavy atom. The maximum absolute atomic E-state index is 5.75. The van der Waals surface area contributed by atoms with Crippen LogP contribution >= 0.6 is 11.6 Å². The summed E-state index contributed by atoms with van der Waals surface area (Å²) in [6, 6.07) is 4.24. The predicted octanol–water partition coefficient (Wildman–Crippen LogP) is 2.18. The fourth-order valence-electron chi connectivity index (χ4n) is 2.11. The highest BCUT2D eigenvalue weighted by Gasteiger charge is 2.22. The van der Waals surface area contributed by atoms with E-state index in [9.17, 15) is 0 Å². The largest absolute Gasteiger partial charge is 0.310 e. The highest BCUT2D eigenvalue weighted by atomic mass is 35.5. The molecule has 1 aliphatic carbocycles. The fourth-order valence-corrected chi connectivity index (χ4v) is 2.21. The van der Waals surface area contributed by atoms with Crippen molar-refractivity contribution in [3.8, 4) is 5.82 Å². The van der Waals surface area contributed by atoms with E-state index in [1.54, 1.807) is 6.07 Å². The molecule has 1 N–H and O–H groups in total. The van der Waals surface area contributed by atoms with Gasteiger partial charge in [-0.05, 0) is 38.8 Å². The Bertz CT molecular complexity index is 586. The molecule has 0 spiro atoms. The number of hydrogen-bond acceptors (Lipinski definition) is 4. The molecule has 0 bridgehead atoms.